The molecule has 1 aliphatic carbocycles. The monoisotopic (exact) mass is 409 g/mol. The Balaban J connectivity index is 1.52. The Bertz CT molecular complexity index is 1100. The van der Waals surface area contributed by atoms with E-state index in [0.717, 1.165) is 11.1 Å². The molecule has 1 aliphatic rings. The number of carbonyl (C=O) groups excluding carboxylic acids is 2. The fraction of sp³-hybridized carbons (Fsp3) is 0.0952. The number of nitrogens with zero attached hydrogens (tertiary/aromatic N) is 1. The third kappa shape index (κ3) is 3.98. The molecule has 0 saturated carbocycles. The number of hydrogen-bond donors (Lipinski definition) is 2. The first-order valence-electron chi connectivity index (χ1n) is 8.63. The lowest BCUT2D eigenvalue weighted by molar-refractivity contribution is 0.0952. The van der Waals surface area contributed by atoms with Gasteiger partial charge >= 0.3 is 0 Å². The van der Waals surface area contributed by atoms with Crippen LogP contribution >= 0.6 is 22.9 Å². The van der Waals surface area contributed by atoms with E-state index >= 15 is 0 Å². The van der Waals surface area contributed by atoms with Crippen molar-refractivity contribution in [1.29, 1.82) is 0 Å². The molecule has 0 saturated heterocycles. The van der Waals surface area contributed by atoms with Crippen LogP contribution in [0.1, 0.15) is 25.6 Å². The van der Waals surface area contributed by atoms with Gasteiger partial charge in [0.05, 0.1) is 17.3 Å². The van der Waals surface area contributed by atoms with E-state index in [1.54, 1.807) is 18.2 Å². The molecule has 1 aromatic heterocycles. The summed E-state index contributed by atoms with van der Waals surface area (Å²) in [5, 5.41) is 6.98. The van der Waals surface area contributed by atoms with Crippen molar-refractivity contribution in [2.75, 3.05) is 5.32 Å². The van der Waals surface area contributed by atoms with Gasteiger partial charge in [0.25, 0.3) is 11.8 Å². The zero-order chi connectivity index (χ0) is 19.7. The van der Waals surface area contributed by atoms with Gasteiger partial charge in [0, 0.05) is 16.8 Å². The zero-order valence-corrected chi connectivity index (χ0v) is 16.5. The Morgan fingerprint density at radius 1 is 1.11 bits per heavy atom. The first kappa shape index (κ1) is 18.4. The van der Waals surface area contributed by atoms with Crippen LogP contribution in [0.5, 0.6) is 0 Å². The summed E-state index contributed by atoms with van der Waals surface area (Å²) in [6, 6.07) is 12.6. The molecule has 7 heteroatoms. The summed E-state index contributed by atoms with van der Waals surface area (Å²) in [5.41, 5.74) is 2.74. The second-order valence-electron chi connectivity index (χ2n) is 6.38. The lowest BCUT2D eigenvalue weighted by Crippen LogP contribution is -2.26. The van der Waals surface area contributed by atoms with Crippen molar-refractivity contribution in [3.05, 3.63) is 81.8 Å². The van der Waals surface area contributed by atoms with Crippen LogP contribution in [0.15, 0.2) is 60.8 Å². The minimum Gasteiger partial charge on any atom is -0.342 e. The molecule has 5 nitrogen and oxygen atoms in total. The second-order valence-corrected chi connectivity index (χ2v) is 7.82. The van der Waals surface area contributed by atoms with Crippen LogP contribution in [0.25, 0.3) is 10.6 Å². The molecule has 0 bridgehead atoms. The highest BCUT2D eigenvalue weighted by Gasteiger charge is 2.18. The molecule has 4 rings (SSSR count). The fourth-order valence-corrected chi connectivity index (χ4v) is 3.74. The lowest BCUT2D eigenvalue weighted by atomic mass is 10.1. The topological polar surface area (TPSA) is 71.1 Å². The Kier molecular flexibility index (Phi) is 4.98. The number of hydrogen-bond acceptors (Lipinski definition) is 4. The van der Waals surface area contributed by atoms with E-state index in [0.29, 0.717) is 26.2 Å². The van der Waals surface area contributed by atoms with E-state index in [1.165, 1.54) is 17.5 Å². The molecule has 140 valence electrons. The zero-order valence-electron chi connectivity index (χ0n) is 14.9. The van der Waals surface area contributed by atoms with E-state index < -0.39 is 0 Å². The number of rotatable bonds is 5. The number of amides is 2. The van der Waals surface area contributed by atoms with Crippen molar-refractivity contribution in [2.45, 2.75) is 13.0 Å². The molecule has 28 heavy (non-hydrogen) atoms. The first-order chi connectivity index (χ1) is 13.5. The third-order valence-electron chi connectivity index (χ3n) is 4.26. The van der Waals surface area contributed by atoms with E-state index in [9.17, 15) is 9.59 Å². The van der Waals surface area contributed by atoms with Crippen LogP contribution in [-0.4, -0.2) is 22.8 Å². The largest absolute Gasteiger partial charge is 0.342 e. The molecule has 1 heterocycles. The van der Waals surface area contributed by atoms with Gasteiger partial charge in [0.1, 0.15) is 9.88 Å². The summed E-state index contributed by atoms with van der Waals surface area (Å²) in [5.74, 6) is -0.454. The van der Waals surface area contributed by atoms with Crippen LogP contribution in [0.2, 0.25) is 5.02 Å². The maximum atomic E-state index is 12.7. The molecular formula is C21H16ClN3O2S. The Hall–Kier alpha value is -2.96. The van der Waals surface area contributed by atoms with E-state index in [-0.39, 0.29) is 17.9 Å². The highest BCUT2D eigenvalue weighted by Crippen LogP contribution is 2.31. The maximum Gasteiger partial charge on any atom is 0.267 e. The van der Waals surface area contributed by atoms with Gasteiger partial charge in [-0.05, 0) is 30.7 Å². The molecule has 3 aromatic rings. The number of benzene rings is 2. The highest BCUT2D eigenvalue weighted by atomic mass is 35.5. The van der Waals surface area contributed by atoms with Crippen molar-refractivity contribution in [3.63, 3.8) is 0 Å². The van der Waals surface area contributed by atoms with Gasteiger partial charge in [-0.25, -0.2) is 4.98 Å². The van der Waals surface area contributed by atoms with Crippen LogP contribution < -0.4 is 10.6 Å². The molecule has 2 N–H and O–H groups in total. The SMILES string of the molecule is Cc1ccc(C(=O)NC2C=C2)cc1NC(=O)c1cnc(-c2ccccc2Cl)s1. The predicted molar refractivity (Wildman–Crippen MR) is 112 cm³/mol. The van der Waals surface area contributed by atoms with Gasteiger partial charge in [0.2, 0.25) is 0 Å². The van der Waals surface area contributed by atoms with Gasteiger partial charge in [-0.15, -0.1) is 11.3 Å². The molecule has 2 aromatic carbocycles. The van der Waals surface area contributed by atoms with Crippen LogP contribution in [0.4, 0.5) is 5.69 Å². The van der Waals surface area contributed by atoms with E-state index in [4.69, 9.17) is 11.6 Å². The lowest BCUT2D eigenvalue weighted by Gasteiger charge is -2.10. The van der Waals surface area contributed by atoms with Crippen molar-refractivity contribution < 1.29 is 9.59 Å². The van der Waals surface area contributed by atoms with Gasteiger partial charge in [-0.3, -0.25) is 9.59 Å². The summed E-state index contributed by atoms with van der Waals surface area (Å²) in [7, 11) is 0. The highest BCUT2D eigenvalue weighted by molar-refractivity contribution is 7.17. The Morgan fingerprint density at radius 2 is 1.89 bits per heavy atom. The van der Waals surface area contributed by atoms with Crippen LogP contribution in [0.3, 0.4) is 0 Å². The maximum absolute atomic E-state index is 12.7. The summed E-state index contributed by atoms with van der Waals surface area (Å²) in [6.45, 7) is 1.88. The second kappa shape index (κ2) is 7.58. The summed E-state index contributed by atoms with van der Waals surface area (Å²) in [6.07, 6.45) is 5.33. The minimum absolute atomic E-state index is 0.0345. The molecule has 0 fully saturated rings. The van der Waals surface area contributed by atoms with Crippen molar-refractivity contribution in [2.24, 2.45) is 0 Å². The molecule has 0 unspecified atom stereocenters. The van der Waals surface area contributed by atoms with Crippen molar-refractivity contribution in [3.8, 4) is 10.6 Å². The molecule has 2 amide bonds. The number of anilines is 1. The average Bonchev–Trinajstić information content (AvgIpc) is 3.36. The van der Waals surface area contributed by atoms with Crippen LogP contribution in [-0.2, 0) is 0 Å². The quantitative estimate of drug-likeness (QED) is 0.600. The van der Waals surface area contributed by atoms with Crippen LogP contribution in [0, 0.1) is 6.92 Å². The smallest absolute Gasteiger partial charge is 0.267 e. The van der Waals surface area contributed by atoms with E-state index in [2.05, 4.69) is 15.6 Å². The number of nitrogens with one attached hydrogen (secondary N) is 2. The van der Waals surface area contributed by atoms with E-state index in [1.807, 2.05) is 43.3 Å². The normalized spacial score (nSPS) is 12.6. The number of halogens is 1. The Morgan fingerprint density at radius 3 is 2.64 bits per heavy atom. The van der Waals surface area contributed by atoms with Crippen molar-refractivity contribution >= 4 is 40.4 Å². The first-order valence-corrected chi connectivity index (χ1v) is 9.82. The summed E-state index contributed by atoms with van der Waals surface area (Å²) < 4.78 is 0. The average molecular weight is 410 g/mol. The number of aryl methyl sites for hydroxylation is 1. The number of aromatic nitrogens is 1. The molecule has 0 radical (unpaired) electrons. The number of thiazole rings is 1. The van der Waals surface area contributed by atoms with Gasteiger partial charge in [-0.2, -0.15) is 0 Å². The van der Waals surface area contributed by atoms with Gasteiger partial charge in [0.15, 0.2) is 0 Å². The summed E-state index contributed by atoms with van der Waals surface area (Å²) >= 11 is 7.47. The molecule has 0 atom stereocenters. The third-order valence-corrected chi connectivity index (χ3v) is 5.62. The fourth-order valence-electron chi connectivity index (χ4n) is 2.61. The predicted octanol–water partition coefficient (Wildman–Crippen LogP) is 4.69. The van der Waals surface area contributed by atoms with Gasteiger partial charge in [-0.1, -0.05) is 48.0 Å². The standard InChI is InChI=1S/C21H16ClN3O2S/c1-12-6-7-13(19(26)24-14-8-9-14)10-17(12)25-20(27)18-11-23-21(28-18)15-4-2-3-5-16(15)22/h2-11,14H,1H3,(H,24,26)(H,25,27). The summed E-state index contributed by atoms with van der Waals surface area (Å²) in [4.78, 5) is 29.7. The number of carbonyl (C=O) groups is 2. The van der Waals surface area contributed by atoms with Gasteiger partial charge < -0.3 is 10.6 Å². The van der Waals surface area contributed by atoms with Crippen molar-refractivity contribution in [1.82, 2.24) is 10.3 Å². The molecular weight excluding hydrogens is 394 g/mol. The molecule has 0 aliphatic heterocycles. The molecule has 0 spiro atoms. The Labute approximate surface area is 171 Å². The minimum atomic E-state index is -0.277.